The Bertz CT molecular complexity index is 685. The Morgan fingerprint density at radius 1 is 1.36 bits per heavy atom. The number of aryl methyl sites for hydroxylation is 1. The van der Waals surface area contributed by atoms with Crippen molar-refractivity contribution in [3.8, 4) is 0 Å². The number of nitrogens with one attached hydrogen (secondary N) is 1. The zero-order chi connectivity index (χ0) is 16.3. The molecule has 22 heavy (non-hydrogen) atoms. The van der Waals surface area contributed by atoms with Crippen LogP contribution in [0.15, 0.2) is 27.3 Å². The molecule has 0 bridgehead atoms. The summed E-state index contributed by atoms with van der Waals surface area (Å²) < 4.78 is 43.4. The molecule has 0 spiro atoms. The van der Waals surface area contributed by atoms with Crippen LogP contribution in [-0.2, 0) is 12.6 Å². The molecule has 0 aromatic carbocycles. The number of carbonyl (C=O) groups is 1. The van der Waals surface area contributed by atoms with Gasteiger partial charge in [0.15, 0.2) is 10.4 Å². The van der Waals surface area contributed by atoms with Crippen molar-refractivity contribution in [2.45, 2.75) is 19.5 Å². The highest BCUT2D eigenvalue weighted by atomic mass is 79.9. The van der Waals surface area contributed by atoms with Crippen molar-refractivity contribution in [2.75, 3.05) is 6.54 Å². The summed E-state index contributed by atoms with van der Waals surface area (Å²) in [6, 6.07) is 3.92. The molecule has 2 heterocycles. The highest BCUT2D eigenvalue weighted by Crippen LogP contribution is 2.27. The summed E-state index contributed by atoms with van der Waals surface area (Å²) in [5.41, 5.74) is -0.769. The Kier molecular flexibility index (Phi) is 4.84. The van der Waals surface area contributed by atoms with Crippen molar-refractivity contribution in [2.24, 2.45) is 0 Å². The Hall–Kier alpha value is -1.90. The molecule has 1 amide bonds. The lowest BCUT2D eigenvalue weighted by Gasteiger charge is -2.09. The molecule has 0 saturated heterocycles. The van der Waals surface area contributed by atoms with E-state index in [0.717, 1.165) is 6.07 Å². The van der Waals surface area contributed by atoms with E-state index in [2.05, 4.69) is 31.2 Å². The van der Waals surface area contributed by atoms with Crippen LogP contribution in [0.5, 0.6) is 0 Å². The summed E-state index contributed by atoms with van der Waals surface area (Å²) in [5, 5.41) is 2.52. The quantitative estimate of drug-likeness (QED) is 0.888. The number of halogens is 4. The second kappa shape index (κ2) is 6.47. The lowest BCUT2D eigenvalue weighted by Crippen LogP contribution is -2.26. The molecular formula is C13H11BrF3N3O2. The van der Waals surface area contributed by atoms with Gasteiger partial charge in [-0.15, -0.1) is 0 Å². The first-order chi connectivity index (χ1) is 10.3. The van der Waals surface area contributed by atoms with Crippen LogP contribution in [0.2, 0.25) is 0 Å². The number of amides is 1. The summed E-state index contributed by atoms with van der Waals surface area (Å²) in [4.78, 5) is 19.1. The minimum Gasteiger partial charge on any atom is -0.444 e. The average molecular weight is 378 g/mol. The second-order valence-corrected chi connectivity index (χ2v) is 5.20. The van der Waals surface area contributed by atoms with Crippen molar-refractivity contribution >= 4 is 21.8 Å². The van der Waals surface area contributed by atoms with Crippen molar-refractivity contribution in [3.63, 3.8) is 0 Å². The van der Waals surface area contributed by atoms with E-state index >= 15 is 0 Å². The number of furan rings is 1. The first kappa shape index (κ1) is 16.5. The largest absolute Gasteiger partial charge is 0.444 e. The number of hydrogen-bond acceptors (Lipinski definition) is 4. The van der Waals surface area contributed by atoms with Gasteiger partial charge in [0, 0.05) is 18.7 Å². The summed E-state index contributed by atoms with van der Waals surface area (Å²) in [6.07, 6.45) is -4.44. The maximum absolute atomic E-state index is 12.6. The standard InChI is InChI=1S/C13H11BrF3N3O2/c1-7-6-9(13(15,16)17)20-11(19-7)4-5-18-12(21)8-2-3-10(14)22-8/h2-3,6H,4-5H2,1H3,(H,18,21). The molecule has 5 nitrogen and oxygen atoms in total. The van der Waals surface area contributed by atoms with Crippen LogP contribution < -0.4 is 5.32 Å². The van der Waals surface area contributed by atoms with Crippen molar-refractivity contribution in [3.05, 3.63) is 45.8 Å². The Labute approximate surface area is 132 Å². The molecule has 2 aromatic rings. The first-order valence-corrected chi connectivity index (χ1v) is 7.00. The summed E-state index contributed by atoms with van der Waals surface area (Å²) in [5.74, 6) is -0.337. The average Bonchev–Trinajstić information content (AvgIpc) is 2.84. The fourth-order valence-corrected chi connectivity index (χ4v) is 2.00. The van der Waals surface area contributed by atoms with Gasteiger partial charge in [0.05, 0.1) is 0 Å². The van der Waals surface area contributed by atoms with Crippen LogP contribution in [0.3, 0.4) is 0 Å². The van der Waals surface area contributed by atoms with E-state index in [1.165, 1.54) is 13.0 Å². The molecule has 1 N–H and O–H groups in total. The van der Waals surface area contributed by atoms with Crippen LogP contribution >= 0.6 is 15.9 Å². The summed E-state index contributed by atoms with van der Waals surface area (Å²) >= 11 is 3.07. The molecule has 0 aliphatic carbocycles. The minimum atomic E-state index is -4.52. The third kappa shape index (κ3) is 4.30. The van der Waals surface area contributed by atoms with Gasteiger partial charge in [0.2, 0.25) is 0 Å². The fraction of sp³-hybridized carbons (Fsp3) is 0.308. The van der Waals surface area contributed by atoms with Gasteiger partial charge in [-0.3, -0.25) is 4.79 Å². The van der Waals surface area contributed by atoms with Crippen LogP contribution in [-0.4, -0.2) is 22.4 Å². The lowest BCUT2D eigenvalue weighted by molar-refractivity contribution is -0.141. The van der Waals surface area contributed by atoms with E-state index in [0.29, 0.717) is 4.67 Å². The Balaban J connectivity index is 1.97. The van der Waals surface area contributed by atoms with Crippen LogP contribution in [0.25, 0.3) is 0 Å². The number of aromatic nitrogens is 2. The number of alkyl halides is 3. The smallest absolute Gasteiger partial charge is 0.433 e. The van der Waals surface area contributed by atoms with E-state index < -0.39 is 17.8 Å². The third-order valence-corrected chi connectivity index (χ3v) is 3.05. The Morgan fingerprint density at radius 2 is 2.09 bits per heavy atom. The van der Waals surface area contributed by atoms with Gasteiger partial charge in [-0.05, 0) is 41.1 Å². The molecule has 0 aliphatic heterocycles. The van der Waals surface area contributed by atoms with Gasteiger partial charge in [-0.25, -0.2) is 9.97 Å². The van der Waals surface area contributed by atoms with Gasteiger partial charge in [-0.1, -0.05) is 0 Å². The fourth-order valence-electron chi connectivity index (χ4n) is 1.70. The maximum Gasteiger partial charge on any atom is 0.433 e. The van der Waals surface area contributed by atoms with Crippen molar-refractivity contribution < 1.29 is 22.4 Å². The number of nitrogens with zero attached hydrogens (tertiary/aromatic N) is 2. The normalized spacial score (nSPS) is 11.5. The summed E-state index contributed by atoms with van der Waals surface area (Å²) in [7, 11) is 0. The zero-order valence-electron chi connectivity index (χ0n) is 11.4. The van der Waals surface area contributed by atoms with Crippen molar-refractivity contribution in [1.82, 2.24) is 15.3 Å². The molecule has 0 saturated carbocycles. The molecule has 0 aliphatic rings. The molecule has 0 fully saturated rings. The van der Waals surface area contributed by atoms with Crippen LogP contribution in [0.4, 0.5) is 13.2 Å². The van der Waals surface area contributed by atoms with Gasteiger partial charge in [0.1, 0.15) is 11.5 Å². The summed E-state index contributed by atoms with van der Waals surface area (Å²) in [6.45, 7) is 1.55. The second-order valence-electron chi connectivity index (χ2n) is 4.42. The number of carbonyl (C=O) groups excluding carboxylic acids is 1. The molecule has 9 heteroatoms. The molecule has 2 rings (SSSR count). The molecule has 2 aromatic heterocycles. The van der Waals surface area contributed by atoms with E-state index in [1.54, 1.807) is 6.07 Å². The molecular weight excluding hydrogens is 367 g/mol. The minimum absolute atomic E-state index is 0.0215. The number of rotatable bonds is 4. The molecule has 0 atom stereocenters. The van der Waals surface area contributed by atoms with Gasteiger partial charge < -0.3 is 9.73 Å². The molecule has 0 radical (unpaired) electrons. The Morgan fingerprint density at radius 3 is 2.68 bits per heavy atom. The van der Waals surface area contributed by atoms with Crippen LogP contribution in [0.1, 0.15) is 27.8 Å². The maximum atomic E-state index is 12.6. The molecule has 118 valence electrons. The highest BCUT2D eigenvalue weighted by Gasteiger charge is 2.33. The highest BCUT2D eigenvalue weighted by molar-refractivity contribution is 9.10. The first-order valence-electron chi connectivity index (χ1n) is 6.21. The van der Waals surface area contributed by atoms with Gasteiger partial charge >= 0.3 is 6.18 Å². The van der Waals surface area contributed by atoms with E-state index in [9.17, 15) is 18.0 Å². The van der Waals surface area contributed by atoms with Gasteiger partial charge in [-0.2, -0.15) is 13.2 Å². The molecule has 0 unspecified atom stereocenters. The third-order valence-electron chi connectivity index (χ3n) is 2.62. The topological polar surface area (TPSA) is 68.0 Å². The monoisotopic (exact) mass is 377 g/mol. The predicted molar refractivity (Wildman–Crippen MR) is 74.2 cm³/mol. The lowest BCUT2D eigenvalue weighted by atomic mass is 10.3. The van der Waals surface area contributed by atoms with E-state index in [4.69, 9.17) is 4.42 Å². The van der Waals surface area contributed by atoms with E-state index in [-0.39, 0.29) is 30.2 Å². The predicted octanol–water partition coefficient (Wildman–Crippen LogP) is 3.13. The van der Waals surface area contributed by atoms with E-state index in [1.807, 2.05) is 0 Å². The zero-order valence-corrected chi connectivity index (χ0v) is 13.0. The number of hydrogen-bond donors (Lipinski definition) is 1. The van der Waals surface area contributed by atoms with Crippen molar-refractivity contribution in [1.29, 1.82) is 0 Å². The van der Waals surface area contributed by atoms with Gasteiger partial charge in [0.25, 0.3) is 5.91 Å². The van der Waals surface area contributed by atoms with Crippen LogP contribution in [0, 0.1) is 6.92 Å². The SMILES string of the molecule is Cc1cc(C(F)(F)F)nc(CCNC(=O)c2ccc(Br)o2)n1.